The standard InChI is InChI=1S/C17H21N3O2/c1-4-20-14-6-5-12(9-13(14)10(2)8-16(20)22)17-11(3)7-15(21)18-19-17/h5-6,9-11H,4,7-8H2,1-3H3,(H,18,21). The first-order valence-electron chi connectivity index (χ1n) is 7.82. The second-order valence-corrected chi connectivity index (χ2v) is 6.15. The van der Waals surface area contributed by atoms with E-state index in [1.165, 1.54) is 5.56 Å². The van der Waals surface area contributed by atoms with Crippen molar-refractivity contribution in [2.75, 3.05) is 11.4 Å². The molecule has 1 aromatic rings. The van der Waals surface area contributed by atoms with Gasteiger partial charge in [0, 0.05) is 31.0 Å². The largest absolute Gasteiger partial charge is 0.312 e. The maximum atomic E-state index is 12.1. The SMILES string of the molecule is CCN1C(=O)CC(C)c2cc(C3=NNC(=O)CC3C)ccc21. The second kappa shape index (κ2) is 5.55. The summed E-state index contributed by atoms with van der Waals surface area (Å²) in [5.41, 5.74) is 6.70. The van der Waals surface area contributed by atoms with Crippen LogP contribution in [0.15, 0.2) is 23.3 Å². The highest BCUT2D eigenvalue weighted by molar-refractivity contribution is 6.06. The highest BCUT2D eigenvalue weighted by Gasteiger charge is 2.29. The van der Waals surface area contributed by atoms with Crippen LogP contribution in [0.4, 0.5) is 5.69 Å². The molecule has 0 aromatic heterocycles. The molecule has 0 saturated heterocycles. The molecule has 5 nitrogen and oxygen atoms in total. The maximum absolute atomic E-state index is 12.1. The quantitative estimate of drug-likeness (QED) is 0.911. The number of nitrogens with one attached hydrogen (secondary N) is 1. The number of benzene rings is 1. The molecule has 0 spiro atoms. The number of amides is 2. The Labute approximate surface area is 130 Å². The molecule has 2 unspecified atom stereocenters. The number of hydrogen-bond donors (Lipinski definition) is 1. The van der Waals surface area contributed by atoms with Crippen molar-refractivity contribution in [2.24, 2.45) is 11.0 Å². The first kappa shape index (κ1) is 14.8. The van der Waals surface area contributed by atoms with Gasteiger partial charge in [-0.25, -0.2) is 5.43 Å². The molecule has 22 heavy (non-hydrogen) atoms. The molecule has 5 heteroatoms. The van der Waals surface area contributed by atoms with Crippen LogP contribution in [0.3, 0.4) is 0 Å². The zero-order valence-corrected chi connectivity index (χ0v) is 13.2. The van der Waals surface area contributed by atoms with Crippen molar-refractivity contribution in [1.29, 1.82) is 0 Å². The lowest BCUT2D eigenvalue weighted by Crippen LogP contribution is -2.36. The van der Waals surface area contributed by atoms with E-state index in [1.54, 1.807) is 0 Å². The first-order chi connectivity index (χ1) is 10.5. The Morgan fingerprint density at radius 3 is 2.68 bits per heavy atom. The first-order valence-corrected chi connectivity index (χ1v) is 7.82. The second-order valence-electron chi connectivity index (χ2n) is 6.15. The molecule has 0 fully saturated rings. The molecule has 0 bridgehead atoms. The van der Waals surface area contributed by atoms with Crippen molar-refractivity contribution in [3.05, 3.63) is 29.3 Å². The fourth-order valence-electron chi connectivity index (χ4n) is 3.32. The third-order valence-electron chi connectivity index (χ3n) is 4.50. The fraction of sp³-hybridized carbons (Fsp3) is 0.471. The summed E-state index contributed by atoms with van der Waals surface area (Å²) in [6.07, 6.45) is 1.01. The molecule has 2 amide bonds. The average Bonchev–Trinajstić information content (AvgIpc) is 2.47. The predicted octanol–water partition coefficient (Wildman–Crippen LogP) is 2.41. The number of nitrogens with zero attached hydrogens (tertiary/aromatic N) is 2. The lowest BCUT2D eigenvalue weighted by molar-refractivity contribution is -0.122. The minimum absolute atomic E-state index is 0.0367. The van der Waals surface area contributed by atoms with Crippen LogP contribution in [0.2, 0.25) is 0 Å². The Morgan fingerprint density at radius 1 is 1.23 bits per heavy atom. The zero-order chi connectivity index (χ0) is 15.9. The van der Waals surface area contributed by atoms with Crippen LogP contribution in [-0.4, -0.2) is 24.1 Å². The van der Waals surface area contributed by atoms with Gasteiger partial charge in [-0.2, -0.15) is 5.10 Å². The number of anilines is 1. The van der Waals surface area contributed by atoms with E-state index in [4.69, 9.17) is 0 Å². The summed E-state index contributed by atoms with van der Waals surface area (Å²) in [5.74, 6) is 0.463. The monoisotopic (exact) mass is 299 g/mol. The Bertz CT molecular complexity index is 666. The third-order valence-corrected chi connectivity index (χ3v) is 4.50. The van der Waals surface area contributed by atoms with Crippen molar-refractivity contribution >= 4 is 23.2 Å². The molecule has 2 aliphatic rings. The Kier molecular flexibility index (Phi) is 3.72. The molecular weight excluding hydrogens is 278 g/mol. The Balaban J connectivity index is 2.02. The van der Waals surface area contributed by atoms with Crippen molar-refractivity contribution < 1.29 is 9.59 Å². The van der Waals surface area contributed by atoms with Crippen LogP contribution >= 0.6 is 0 Å². The van der Waals surface area contributed by atoms with E-state index in [-0.39, 0.29) is 23.7 Å². The van der Waals surface area contributed by atoms with Crippen molar-refractivity contribution in [1.82, 2.24) is 5.43 Å². The van der Waals surface area contributed by atoms with Gasteiger partial charge in [-0.15, -0.1) is 0 Å². The topological polar surface area (TPSA) is 61.8 Å². The molecule has 2 aliphatic heterocycles. The number of carbonyl (C=O) groups excluding carboxylic acids is 2. The minimum atomic E-state index is -0.0367. The molecule has 3 rings (SSSR count). The summed E-state index contributed by atoms with van der Waals surface area (Å²) in [6, 6.07) is 6.13. The van der Waals surface area contributed by atoms with Gasteiger partial charge < -0.3 is 4.90 Å². The average molecular weight is 299 g/mol. The molecule has 2 heterocycles. The van der Waals surface area contributed by atoms with Crippen LogP contribution < -0.4 is 10.3 Å². The normalized spacial score (nSPS) is 24.7. The van der Waals surface area contributed by atoms with Crippen molar-refractivity contribution in [3.63, 3.8) is 0 Å². The van der Waals surface area contributed by atoms with Gasteiger partial charge in [-0.1, -0.05) is 19.9 Å². The van der Waals surface area contributed by atoms with Gasteiger partial charge in [0.15, 0.2) is 0 Å². The van der Waals surface area contributed by atoms with Crippen LogP contribution in [0.25, 0.3) is 0 Å². The van der Waals surface area contributed by atoms with E-state index in [0.29, 0.717) is 19.4 Å². The third kappa shape index (κ3) is 2.40. The van der Waals surface area contributed by atoms with E-state index in [1.807, 2.05) is 30.9 Å². The zero-order valence-electron chi connectivity index (χ0n) is 13.2. The van der Waals surface area contributed by atoms with E-state index >= 15 is 0 Å². The lowest BCUT2D eigenvalue weighted by Gasteiger charge is -2.32. The van der Waals surface area contributed by atoms with Gasteiger partial charge in [-0.3, -0.25) is 9.59 Å². The van der Waals surface area contributed by atoms with Gasteiger partial charge in [0.1, 0.15) is 0 Å². The summed E-state index contributed by atoms with van der Waals surface area (Å²) < 4.78 is 0. The van der Waals surface area contributed by atoms with E-state index in [9.17, 15) is 9.59 Å². The Hall–Kier alpha value is -2.17. The highest BCUT2D eigenvalue weighted by Crippen LogP contribution is 2.36. The van der Waals surface area contributed by atoms with Gasteiger partial charge in [0.2, 0.25) is 11.8 Å². The fourth-order valence-corrected chi connectivity index (χ4v) is 3.32. The van der Waals surface area contributed by atoms with Crippen LogP contribution in [0, 0.1) is 5.92 Å². The summed E-state index contributed by atoms with van der Waals surface area (Å²) >= 11 is 0. The molecule has 0 radical (unpaired) electrons. The van der Waals surface area contributed by atoms with Gasteiger partial charge in [0.05, 0.1) is 5.71 Å². The van der Waals surface area contributed by atoms with Crippen LogP contribution in [0.5, 0.6) is 0 Å². The Morgan fingerprint density at radius 2 is 2.00 bits per heavy atom. The number of fused-ring (bicyclic) bond motifs is 1. The molecule has 116 valence electrons. The predicted molar refractivity (Wildman–Crippen MR) is 86.0 cm³/mol. The number of hydrogen-bond acceptors (Lipinski definition) is 3. The minimum Gasteiger partial charge on any atom is -0.312 e. The molecule has 1 aromatic carbocycles. The van der Waals surface area contributed by atoms with Crippen LogP contribution in [-0.2, 0) is 9.59 Å². The summed E-state index contributed by atoms with van der Waals surface area (Å²) in [4.78, 5) is 25.4. The number of rotatable bonds is 2. The number of hydrazone groups is 1. The molecule has 1 N–H and O–H groups in total. The molecule has 0 aliphatic carbocycles. The maximum Gasteiger partial charge on any atom is 0.240 e. The van der Waals surface area contributed by atoms with Crippen molar-refractivity contribution in [3.8, 4) is 0 Å². The van der Waals surface area contributed by atoms with E-state index in [2.05, 4.69) is 23.5 Å². The summed E-state index contributed by atoms with van der Waals surface area (Å²) in [7, 11) is 0. The van der Waals surface area contributed by atoms with E-state index < -0.39 is 0 Å². The summed E-state index contributed by atoms with van der Waals surface area (Å²) in [6.45, 7) is 6.78. The van der Waals surface area contributed by atoms with Crippen molar-refractivity contribution in [2.45, 2.75) is 39.5 Å². The molecule has 2 atom stereocenters. The highest BCUT2D eigenvalue weighted by atomic mass is 16.2. The van der Waals surface area contributed by atoms with E-state index in [0.717, 1.165) is 17.0 Å². The molecule has 0 saturated carbocycles. The lowest BCUT2D eigenvalue weighted by atomic mass is 9.86. The summed E-state index contributed by atoms with van der Waals surface area (Å²) in [5, 5.41) is 4.23. The number of carbonyl (C=O) groups is 2. The van der Waals surface area contributed by atoms with Gasteiger partial charge in [-0.05, 0) is 36.1 Å². The van der Waals surface area contributed by atoms with Gasteiger partial charge in [0.25, 0.3) is 0 Å². The smallest absolute Gasteiger partial charge is 0.240 e. The van der Waals surface area contributed by atoms with Gasteiger partial charge >= 0.3 is 0 Å². The molecular formula is C17H21N3O2. The van der Waals surface area contributed by atoms with Crippen LogP contribution in [0.1, 0.15) is 50.7 Å².